The molecule has 0 bridgehead atoms. The van der Waals surface area contributed by atoms with Crippen LogP contribution in [0.15, 0.2) is 24.3 Å². The highest BCUT2D eigenvalue weighted by Crippen LogP contribution is 2.13. The molecule has 0 spiro atoms. The van der Waals surface area contributed by atoms with Gasteiger partial charge in [-0.2, -0.15) is 0 Å². The van der Waals surface area contributed by atoms with Gasteiger partial charge in [0.05, 0.1) is 6.61 Å². The quantitative estimate of drug-likeness (QED) is 0.726. The van der Waals surface area contributed by atoms with Gasteiger partial charge < -0.3 is 4.74 Å². The van der Waals surface area contributed by atoms with E-state index in [1.54, 1.807) is 0 Å². The Kier molecular flexibility index (Phi) is 5.86. The molecule has 1 aromatic carbocycles. The van der Waals surface area contributed by atoms with E-state index in [4.69, 9.17) is 4.74 Å². The van der Waals surface area contributed by atoms with E-state index in [9.17, 15) is 4.79 Å². The molecular formula is C15H23NO2. The minimum absolute atomic E-state index is 0.145. The van der Waals surface area contributed by atoms with Crippen molar-refractivity contribution in [3.63, 3.8) is 0 Å². The number of esters is 1. The summed E-state index contributed by atoms with van der Waals surface area (Å²) in [6.45, 7) is 9.94. The zero-order valence-electron chi connectivity index (χ0n) is 11.8. The molecule has 0 radical (unpaired) electrons. The van der Waals surface area contributed by atoms with Crippen molar-refractivity contribution in [1.29, 1.82) is 0 Å². The lowest BCUT2D eigenvalue weighted by molar-refractivity contribution is -0.149. The molecule has 0 aliphatic carbocycles. The summed E-state index contributed by atoms with van der Waals surface area (Å²) in [4.78, 5) is 13.9. The van der Waals surface area contributed by atoms with Crippen molar-refractivity contribution in [3.8, 4) is 0 Å². The Morgan fingerprint density at radius 1 is 1.33 bits per heavy atom. The van der Waals surface area contributed by atoms with E-state index in [0.29, 0.717) is 6.61 Å². The van der Waals surface area contributed by atoms with E-state index >= 15 is 0 Å². The largest absolute Gasteiger partial charge is 0.465 e. The maximum Gasteiger partial charge on any atom is 0.323 e. The highest BCUT2D eigenvalue weighted by molar-refractivity contribution is 5.75. The van der Waals surface area contributed by atoms with Crippen LogP contribution in [0.3, 0.4) is 0 Å². The van der Waals surface area contributed by atoms with Crippen molar-refractivity contribution in [1.82, 2.24) is 4.90 Å². The number of ether oxygens (including phenoxy) is 1. The molecular weight excluding hydrogens is 226 g/mol. The van der Waals surface area contributed by atoms with Gasteiger partial charge in [-0.25, -0.2) is 0 Å². The first kappa shape index (κ1) is 14.7. The molecule has 0 amide bonds. The molecule has 1 unspecified atom stereocenters. The van der Waals surface area contributed by atoms with E-state index in [1.807, 2.05) is 26.0 Å². The molecule has 0 aliphatic heterocycles. The maximum absolute atomic E-state index is 11.8. The van der Waals surface area contributed by atoms with Gasteiger partial charge >= 0.3 is 5.97 Å². The van der Waals surface area contributed by atoms with Crippen LogP contribution in [0, 0.1) is 6.92 Å². The fourth-order valence-corrected chi connectivity index (χ4v) is 1.94. The second-order valence-electron chi connectivity index (χ2n) is 4.42. The first-order chi connectivity index (χ1) is 8.60. The summed E-state index contributed by atoms with van der Waals surface area (Å²) >= 11 is 0. The summed E-state index contributed by atoms with van der Waals surface area (Å²) in [5.41, 5.74) is 2.52. The standard InChI is InChI=1S/C15H23NO2/c1-5-16(13(4)15(17)18-6-2)11-14-10-8-7-9-12(14)3/h7-10,13H,5-6,11H2,1-4H3. The summed E-state index contributed by atoms with van der Waals surface area (Å²) < 4.78 is 5.07. The normalized spacial score (nSPS) is 12.5. The Labute approximate surface area is 110 Å². The zero-order chi connectivity index (χ0) is 13.5. The number of nitrogens with zero attached hydrogens (tertiary/aromatic N) is 1. The van der Waals surface area contributed by atoms with E-state index < -0.39 is 0 Å². The van der Waals surface area contributed by atoms with Crippen molar-refractivity contribution in [2.75, 3.05) is 13.2 Å². The van der Waals surface area contributed by atoms with Gasteiger partial charge in [0.1, 0.15) is 6.04 Å². The zero-order valence-corrected chi connectivity index (χ0v) is 11.8. The Morgan fingerprint density at radius 3 is 2.56 bits per heavy atom. The van der Waals surface area contributed by atoms with Crippen molar-refractivity contribution < 1.29 is 9.53 Å². The monoisotopic (exact) mass is 249 g/mol. The van der Waals surface area contributed by atoms with E-state index in [-0.39, 0.29) is 12.0 Å². The summed E-state index contributed by atoms with van der Waals surface area (Å²) in [6.07, 6.45) is 0. The van der Waals surface area contributed by atoms with Crippen LogP contribution in [-0.4, -0.2) is 30.1 Å². The number of hydrogen-bond donors (Lipinski definition) is 0. The predicted molar refractivity (Wildman–Crippen MR) is 73.4 cm³/mol. The van der Waals surface area contributed by atoms with Crippen LogP contribution < -0.4 is 0 Å². The molecule has 0 aliphatic rings. The van der Waals surface area contributed by atoms with Crippen molar-refractivity contribution in [3.05, 3.63) is 35.4 Å². The smallest absolute Gasteiger partial charge is 0.323 e. The Bertz CT molecular complexity index is 390. The molecule has 100 valence electrons. The fourth-order valence-electron chi connectivity index (χ4n) is 1.94. The second-order valence-corrected chi connectivity index (χ2v) is 4.42. The molecule has 1 atom stereocenters. The lowest BCUT2D eigenvalue weighted by Crippen LogP contribution is -2.39. The second kappa shape index (κ2) is 7.17. The van der Waals surface area contributed by atoms with Crippen LogP contribution >= 0.6 is 0 Å². The predicted octanol–water partition coefficient (Wildman–Crippen LogP) is 2.77. The van der Waals surface area contributed by atoms with Gasteiger partial charge in [-0.1, -0.05) is 31.2 Å². The minimum atomic E-state index is -0.199. The van der Waals surface area contributed by atoms with Crippen molar-refractivity contribution in [2.24, 2.45) is 0 Å². The third kappa shape index (κ3) is 3.84. The third-order valence-electron chi connectivity index (χ3n) is 3.22. The minimum Gasteiger partial charge on any atom is -0.465 e. The van der Waals surface area contributed by atoms with Gasteiger partial charge in [0.25, 0.3) is 0 Å². The summed E-state index contributed by atoms with van der Waals surface area (Å²) in [5.74, 6) is -0.145. The van der Waals surface area contributed by atoms with E-state index in [2.05, 4.69) is 30.9 Å². The molecule has 3 heteroatoms. The molecule has 0 heterocycles. The molecule has 0 N–H and O–H groups in total. The average Bonchev–Trinajstić information content (AvgIpc) is 2.37. The van der Waals surface area contributed by atoms with Crippen LogP contribution in [0.25, 0.3) is 0 Å². The Morgan fingerprint density at radius 2 is 2.00 bits per heavy atom. The van der Waals surface area contributed by atoms with Gasteiger partial charge in [0, 0.05) is 6.54 Å². The summed E-state index contributed by atoms with van der Waals surface area (Å²) in [6, 6.07) is 8.07. The fraction of sp³-hybridized carbons (Fsp3) is 0.533. The number of carbonyl (C=O) groups is 1. The van der Waals surface area contributed by atoms with Gasteiger partial charge in [-0.15, -0.1) is 0 Å². The first-order valence-electron chi connectivity index (χ1n) is 6.55. The van der Waals surface area contributed by atoms with Crippen LogP contribution in [0.4, 0.5) is 0 Å². The molecule has 0 saturated heterocycles. The Balaban J connectivity index is 2.73. The highest BCUT2D eigenvalue weighted by atomic mass is 16.5. The topological polar surface area (TPSA) is 29.5 Å². The van der Waals surface area contributed by atoms with E-state index in [1.165, 1.54) is 11.1 Å². The molecule has 0 saturated carbocycles. The van der Waals surface area contributed by atoms with Crippen LogP contribution in [0.5, 0.6) is 0 Å². The van der Waals surface area contributed by atoms with Crippen molar-refractivity contribution in [2.45, 2.75) is 40.3 Å². The molecule has 18 heavy (non-hydrogen) atoms. The molecule has 3 nitrogen and oxygen atoms in total. The lowest BCUT2D eigenvalue weighted by atomic mass is 10.1. The van der Waals surface area contributed by atoms with Crippen molar-refractivity contribution >= 4 is 5.97 Å². The third-order valence-corrected chi connectivity index (χ3v) is 3.22. The number of hydrogen-bond acceptors (Lipinski definition) is 3. The van der Waals surface area contributed by atoms with E-state index in [0.717, 1.165) is 13.1 Å². The summed E-state index contributed by atoms with van der Waals surface area (Å²) in [7, 11) is 0. The highest BCUT2D eigenvalue weighted by Gasteiger charge is 2.21. The molecule has 1 rings (SSSR count). The average molecular weight is 249 g/mol. The van der Waals surface area contributed by atoms with Gasteiger partial charge in [0.15, 0.2) is 0 Å². The molecule has 0 aromatic heterocycles. The van der Waals surface area contributed by atoms with Crippen LogP contribution in [0.1, 0.15) is 31.9 Å². The van der Waals surface area contributed by atoms with Crippen LogP contribution in [0.2, 0.25) is 0 Å². The number of carbonyl (C=O) groups excluding carboxylic acids is 1. The SMILES string of the molecule is CCOC(=O)C(C)N(CC)Cc1ccccc1C. The number of rotatable bonds is 6. The lowest BCUT2D eigenvalue weighted by Gasteiger charge is -2.26. The summed E-state index contributed by atoms with van der Waals surface area (Å²) in [5, 5.41) is 0. The number of benzene rings is 1. The Hall–Kier alpha value is -1.35. The number of likely N-dealkylation sites (N-methyl/N-ethyl adjacent to an activating group) is 1. The molecule has 1 aromatic rings. The van der Waals surface area contributed by atoms with Gasteiger partial charge in [0.2, 0.25) is 0 Å². The first-order valence-corrected chi connectivity index (χ1v) is 6.55. The number of aryl methyl sites for hydroxylation is 1. The molecule has 0 fully saturated rings. The maximum atomic E-state index is 11.8. The van der Waals surface area contributed by atoms with Crippen LogP contribution in [-0.2, 0) is 16.1 Å². The van der Waals surface area contributed by atoms with Gasteiger partial charge in [-0.3, -0.25) is 9.69 Å². The van der Waals surface area contributed by atoms with Gasteiger partial charge in [-0.05, 0) is 38.4 Å².